The van der Waals surface area contributed by atoms with E-state index in [0.717, 1.165) is 27.7 Å². The molecule has 3 rings (SSSR count). The van der Waals surface area contributed by atoms with Crippen molar-refractivity contribution < 1.29 is 4.79 Å². The van der Waals surface area contributed by atoms with Gasteiger partial charge in [-0.3, -0.25) is 9.69 Å². The summed E-state index contributed by atoms with van der Waals surface area (Å²) in [6.07, 6.45) is 3.44. The molecule has 0 aliphatic heterocycles. The summed E-state index contributed by atoms with van der Waals surface area (Å²) in [5.41, 5.74) is 4.03. The molecule has 0 saturated heterocycles. The van der Waals surface area contributed by atoms with Crippen LogP contribution in [0.4, 0.5) is 10.8 Å². The van der Waals surface area contributed by atoms with Gasteiger partial charge in [-0.05, 0) is 37.1 Å². The number of thioether (sulfide) groups is 1. The van der Waals surface area contributed by atoms with Gasteiger partial charge in [0, 0.05) is 30.5 Å². The van der Waals surface area contributed by atoms with Crippen LogP contribution in [0.2, 0.25) is 0 Å². The largest absolute Gasteiger partial charge is 0.274 e. The van der Waals surface area contributed by atoms with E-state index >= 15 is 0 Å². The maximum atomic E-state index is 12.3. The fourth-order valence-corrected chi connectivity index (χ4v) is 4.03. The second-order valence-corrected chi connectivity index (χ2v) is 7.29. The van der Waals surface area contributed by atoms with Gasteiger partial charge in [-0.2, -0.15) is 0 Å². The van der Waals surface area contributed by atoms with Crippen molar-refractivity contribution >= 4 is 39.8 Å². The maximum absolute atomic E-state index is 12.3. The molecule has 2 aromatic heterocycles. The van der Waals surface area contributed by atoms with E-state index in [4.69, 9.17) is 0 Å². The minimum atomic E-state index is -0.0476. The molecule has 5 nitrogen and oxygen atoms in total. The Labute approximate surface area is 155 Å². The lowest BCUT2D eigenvalue weighted by Crippen LogP contribution is -2.23. The van der Waals surface area contributed by atoms with E-state index in [9.17, 15) is 4.79 Å². The molecule has 0 saturated carbocycles. The highest BCUT2D eigenvalue weighted by Crippen LogP contribution is 2.33. The highest BCUT2D eigenvalue weighted by molar-refractivity contribution is 7.98. The van der Waals surface area contributed by atoms with Gasteiger partial charge in [0.1, 0.15) is 0 Å². The van der Waals surface area contributed by atoms with Crippen LogP contribution in [-0.2, 0) is 10.5 Å². The molecule has 2 heterocycles. The van der Waals surface area contributed by atoms with E-state index in [1.807, 2.05) is 37.4 Å². The van der Waals surface area contributed by atoms with Crippen molar-refractivity contribution in [2.45, 2.75) is 31.7 Å². The van der Waals surface area contributed by atoms with Gasteiger partial charge in [-0.25, -0.2) is 15.0 Å². The fourth-order valence-electron chi connectivity index (χ4n) is 2.35. The molecule has 1 aromatic carbocycles. The van der Waals surface area contributed by atoms with Crippen LogP contribution in [0.25, 0.3) is 0 Å². The lowest BCUT2D eigenvalue weighted by molar-refractivity contribution is -0.115. The Bertz CT molecular complexity index is 880. The molecular formula is C18H18N4OS2. The van der Waals surface area contributed by atoms with Gasteiger partial charge in [0.25, 0.3) is 0 Å². The summed E-state index contributed by atoms with van der Waals surface area (Å²) in [6.45, 7) is 5.63. The quantitative estimate of drug-likeness (QED) is 0.488. The zero-order valence-electron chi connectivity index (χ0n) is 14.3. The number of aryl methyl sites for hydroxylation is 1. The third-order valence-corrected chi connectivity index (χ3v) is 5.54. The van der Waals surface area contributed by atoms with Gasteiger partial charge in [0.2, 0.25) is 5.91 Å². The van der Waals surface area contributed by atoms with Crippen LogP contribution in [0.5, 0.6) is 0 Å². The monoisotopic (exact) mass is 370 g/mol. The van der Waals surface area contributed by atoms with Crippen molar-refractivity contribution in [1.82, 2.24) is 15.0 Å². The molecule has 1 amide bonds. The topological polar surface area (TPSA) is 59.0 Å². The molecule has 0 bridgehead atoms. The van der Waals surface area contributed by atoms with Crippen molar-refractivity contribution in [3.63, 3.8) is 0 Å². The Balaban J connectivity index is 1.83. The number of thiazole rings is 1. The molecule has 0 unspecified atom stereocenters. The standard InChI is InChI=1S/C18H18N4OS2/c1-12-6-4-7-16(13(12)2)22(14(3)23)18-21-15(11-25-18)10-24-17-19-8-5-9-20-17/h4-9,11H,10H2,1-3H3. The second kappa shape index (κ2) is 7.76. The van der Waals surface area contributed by atoms with E-state index in [0.29, 0.717) is 10.9 Å². The van der Waals surface area contributed by atoms with Crippen molar-refractivity contribution in [3.05, 3.63) is 58.9 Å². The molecule has 0 spiro atoms. The van der Waals surface area contributed by atoms with E-state index in [2.05, 4.69) is 15.0 Å². The van der Waals surface area contributed by atoms with Gasteiger partial charge in [0.15, 0.2) is 10.3 Å². The Morgan fingerprint density at radius 3 is 2.68 bits per heavy atom. The Morgan fingerprint density at radius 1 is 1.20 bits per heavy atom. The van der Waals surface area contributed by atoms with Crippen molar-refractivity contribution in [2.75, 3.05) is 4.90 Å². The minimum absolute atomic E-state index is 0.0476. The molecule has 128 valence electrons. The third-order valence-electron chi connectivity index (χ3n) is 3.75. The second-order valence-electron chi connectivity index (χ2n) is 5.51. The SMILES string of the molecule is CC(=O)N(c1nc(CSc2ncccn2)cs1)c1cccc(C)c1C. The molecule has 0 N–H and O–H groups in total. The van der Waals surface area contributed by atoms with Gasteiger partial charge in [-0.1, -0.05) is 23.9 Å². The number of carbonyl (C=O) groups excluding carboxylic acids is 1. The third kappa shape index (κ3) is 4.05. The molecular weight excluding hydrogens is 352 g/mol. The van der Waals surface area contributed by atoms with E-state index in [1.165, 1.54) is 23.1 Å². The number of nitrogens with zero attached hydrogens (tertiary/aromatic N) is 4. The first-order valence-corrected chi connectivity index (χ1v) is 9.64. The number of amides is 1. The summed E-state index contributed by atoms with van der Waals surface area (Å²) < 4.78 is 0. The predicted molar refractivity (Wildman–Crippen MR) is 102 cm³/mol. The van der Waals surface area contributed by atoms with Gasteiger partial charge in [0.05, 0.1) is 11.4 Å². The highest BCUT2D eigenvalue weighted by Gasteiger charge is 2.20. The minimum Gasteiger partial charge on any atom is -0.274 e. The Kier molecular flexibility index (Phi) is 5.45. The molecule has 0 fully saturated rings. The van der Waals surface area contributed by atoms with Crippen LogP contribution >= 0.6 is 23.1 Å². The first kappa shape index (κ1) is 17.6. The van der Waals surface area contributed by atoms with Gasteiger partial charge >= 0.3 is 0 Å². The van der Waals surface area contributed by atoms with Gasteiger partial charge in [-0.15, -0.1) is 11.3 Å². The van der Waals surface area contributed by atoms with Crippen LogP contribution in [0.1, 0.15) is 23.7 Å². The summed E-state index contributed by atoms with van der Waals surface area (Å²) >= 11 is 3.00. The zero-order valence-corrected chi connectivity index (χ0v) is 15.9. The summed E-state index contributed by atoms with van der Waals surface area (Å²) in [4.78, 5) is 27.0. The fraction of sp³-hybridized carbons (Fsp3) is 0.222. The van der Waals surface area contributed by atoms with Crippen molar-refractivity contribution in [1.29, 1.82) is 0 Å². The van der Waals surface area contributed by atoms with E-state index < -0.39 is 0 Å². The summed E-state index contributed by atoms with van der Waals surface area (Å²) in [7, 11) is 0. The van der Waals surface area contributed by atoms with Crippen LogP contribution in [0.15, 0.2) is 47.2 Å². The highest BCUT2D eigenvalue weighted by atomic mass is 32.2. The lowest BCUT2D eigenvalue weighted by atomic mass is 10.1. The van der Waals surface area contributed by atoms with Crippen LogP contribution < -0.4 is 4.90 Å². The Morgan fingerprint density at radius 2 is 1.96 bits per heavy atom. The molecule has 0 aliphatic rings. The molecule has 7 heteroatoms. The van der Waals surface area contributed by atoms with E-state index in [1.54, 1.807) is 30.3 Å². The normalized spacial score (nSPS) is 10.7. The van der Waals surface area contributed by atoms with E-state index in [-0.39, 0.29) is 5.91 Å². The molecule has 25 heavy (non-hydrogen) atoms. The predicted octanol–water partition coefficient (Wildman–Crippen LogP) is 4.53. The van der Waals surface area contributed by atoms with Crippen LogP contribution in [0, 0.1) is 13.8 Å². The number of benzene rings is 1. The first-order chi connectivity index (χ1) is 12.1. The maximum Gasteiger partial charge on any atom is 0.230 e. The molecule has 0 radical (unpaired) electrons. The van der Waals surface area contributed by atoms with Crippen molar-refractivity contribution in [2.24, 2.45) is 0 Å². The van der Waals surface area contributed by atoms with Crippen LogP contribution in [-0.4, -0.2) is 20.9 Å². The number of rotatable bonds is 5. The average molecular weight is 371 g/mol. The smallest absolute Gasteiger partial charge is 0.230 e. The number of anilines is 2. The lowest BCUT2D eigenvalue weighted by Gasteiger charge is -2.21. The van der Waals surface area contributed by atoms with Crippen molar-refractivity contribution in [3.8, 4) is 0 Å². The average Bonchev–Trinajstić information content (AvgIpc) is 3.06. The molecule has 0 atom stereocenters. The Hall–Kier alpha value is -2.25. The van der Waals surface area contributed by atoms with Crippen LogP contribution in [0.3, 0.4) is 0 Å². The molecule has 0 aliphatic carbocycles. The first-order valence-electron chi connectivity index (χ1n) is 7.77. The number of carbonyl (C=O) groups is 1. The number of hydrogen-bond donors (Lipinski definition) is 0. The summed E-state index contributed by atoms with van der Waals surface area (Å²) in [5.74, 6) is 0.618. The van der Waals surface area contributed by atoms with Gasteiger partial charge < -0.3 is 0 Å². The number of aromatic nitrogens is 3. The summed E-state index contributed by atoms with van der Waals surface area (Å²) in [6, 6.07) is 7.75. The number of hydrogen-bond acceptors (Lipinski definition) is 6. The molecule has 3 aromatic rings. The zero-order chi connectivity index (χ0) is 17.8. The summed E-state index contributed by atoms with van der Waals surface area (Å²) in [5, 5.41) is 3.38.